The molecule has 0 bridgehead atoms. The second-order valence-electron chi connectivity index (χ2n) is 4.62. The van der Waals surface area contributed by atoms with Gasteiger partial charge in [-0.3, -0.25) is 0 Å². The summed E-state index contributed by atoms with van der Waals surface area (Å²) in [5.41, 5.74) is 6.47. The van der Waals surface area contributed by atoms with Crippen LogP contribution in [0.3, 0.4) is 0 Å². The van der Waals surface area contributed by atoms with Gasteiger partial charge in [0, 0.05) is 13.2 Å². The van der Waals surface area contributed by atoms with Crippen LogP contribution in [0.15, 0.2) is 23.1 Å². The van der Waals surface area contributed by atoms with Crippen LogP contribution in [0.2, 0.25) is 0 Å². The first-order valence-electron chi connectivity index (χ1n) is 6.12. The maximum Gasteiger partial charge on any atom is 0.240 e. The van der Waals surface area contributed by atoms with Crippen LogP contribution in [0, 0.1) is 5.92 Å². The van der Waals surface area contributed by atoms with Gasteiger partial charge in [0.05, 0.1) is 11.4 Å². The molecule has 1 aromatic carbocycles. The van der Waals surface area contributed by atoms with Crippen LogP contribution in [0.25, 0.3) is 0 Å². The highest BCUT2D eigenvalue weighted by atomic mass is 32.2. The first-order valence-corrected chi connectivity index (χ1v) is 7.67. The van der Waals surface area contributed by atoms with Gasteiger partial charge in [0.2, 0.25) is 10.0 Å². The van der Waals surface area contributed by atoms with E-state index in [-0.39, 0.29) is 23.1 Å². The van der Waals surface area contributed by atoms with Gasteiger partial charge in [0.1, 0.15) is 4.90 Å². The molecule has 6 nitrogen and oxygen atoms in total. The van der Waals surface area contributed by atoms with Crippen molar-refractivity contribution in [2.24, 2.45) is 11.1 Å². The van der Waals surface area contributed by atoms with Crippen molar-refractivity contribution in [2.75, 3.05) is 24.2 Å². The molecule has 0 amide bonds. The minimum Gasteiger partial charge on any atom is -0.396 e. The van der Waals surface area contributed by atoms with Gasteiger partial charge in [0.15, 0.2) is 0 Å². The van der Waals surface area contributed by atoms with Crippen LogP contribution >= 0.6 is 0 Å². The number of benzene rings is 1. The van der Waals surface area contributed by atoms with E-state index in [1.165, 1.54) is 6.07 Å². The zero-order valence-electron chi connectivity index (χ0n) is 11.0. The standard InChI is InChI=1S/C12H21N3O3S/c1-9(8-16)4-3-7-15-10-5-2-6-11(12(10)13)19(14,17)18/h2,5-6,9,15-16H,3-4,7-8,13H2,1H3,(H2,14,17,18). The second-order valence-corrected chi connectivity index (χ2v) is 6.15. The minimum absolute atomic E-state index is 0.0683. The maximum atomic E-state index is 11.3. The molecule has 108 valence electrons. The van der Waals surface area contributed by atoms with E-state index in [1.807, 2.05) is 6.92 Å². The Labute approximate surface area is 113 Å². The molecular weight excluding hydrogens is 266 g/mol. The average Bonchev–Trinajstić information content (AvgIpc) is 2.34. The number of nitrogens with two attached hydrogens (primary N) is 2. The average molecular weight is 287 g/mol. The number of para-hydroxylation sites is 1. The van der Waals surface area contributed by atoms with Gasteiger partial charge < -0.3 is 16.2 Å². The highest BCUT2D eigenvalue weighted by Crippen LogP contribution is 2.25. The summed E-state index contributed by atoms with van der Waals surface area (Å²) < 4.78 is 22.6. The molecule has 0 aliphatic heterocycles. The Bertz CT molecular complexity index is 517. The van der Waals surface area contributed by atoms with Crippen LogP contribution in [0.1, 0.15) is 19.8 Å². The number of hydrogen-bond acceptors (Lipinski definition) is 5. The number of rotatable bonds is 7. The SMILES string of the molecule is CC(CO)CCCNc1cccc(S(N)(=O)=O)c1N. The largest absolute Gasteiger partial charge is 0.396 e. The molecule has 1 aromatic rings. The monoisotopic (exact) mass is 287 g/mol. The van der Waals surface area contributed by atoms with Gasteiger partial charge >= 0.3 is 0 Å². The van der Waals surface area contributed by atoms with Crippen molar-refractivity contribution in [1.29, 1.82) is 0 Å². The Hall–Kier alpha value is -1.31. The molecule has 0 aromatic heterocycles. The number of sulfonamides is 1. The first-order chi connectivity index (χ1) is 8.86. The molecule has 0 heterocycles. The fraction of sp³-hybridized carbons (Fsp3) is 0.500. The van der Waals surface area contributed by atoms with Crippen LogP contribution < -0.4 is 16.2 Å². The van der Waals surface area contributed by atoms with Crippen molar-refractivity contribution in [3.8, 4) is 0 Å². The van der Waals surface area contributed by atoms with Gasteiger partial charge in [-0.25, -0.2) is 13.6 Å². The molecular formula is C12H21N3O3S. The first kappa shape index (κ1) is 15.7. The third-order valence-electron chi connectivity index (χ3n) is 2.87. The lowest BCUT2D eigenvalue weighted by atomic mass is 10.1. The molecule has 0 saturated heterocycles. The summed E-state index contributed by atoms with van der Waals surface area (Å²) in [5, 5.41) is 17.1. The molecule has 1 atom stereocenters. The van der Waals surface area contributed by atoms with E-state index >= 15 is 0 Å². The van der Waals surface area contributed by atoms with Crippen LogP contribution in [-0.4, -0.2) is 26.7 Å². The Balaban J connectivity index is 2.65. The van der Waals surface area contributed by atoms with Gasteiger partial charge in [-0.05, 0) is 30.9 Å². The summed E-state index contributed by atoms with van der Waals surface area (Å²) >= 11 is 0. The highest BCUT2D eigenvalue weighted by Gasteiger charge is 2.14. The summed E-state index contributed by atoms with van der Waals surface area (Å²) in [4.78, 5) is -0.0683. The fourth-order valence-corrected chi connectivity index (χ4v) is 2.40. The van der Waals surface area contributed by atoms with Crippen LogP contribution in [-0.2, 0) is 10.0 Å². The van der Waals surface area contributed by atoms with E-state index in [2.05, 4.69) is 5.32 Å². The number of nitrogens with one attached hydrogen (secondary N) is 1. The lowest BCUT2D eigenvalue weighted by Crippen LogP contribution is -2.16. The van der Waals surface area contributed by atoms with Crippen molar-refractivity contribution >= 4 is 21.4 Å². The van der Waals surface area contributed by atoms with Crippen molar-refractivity contribution in [1.82, 2.24) is 0 Å². The van der Waals surface area contributed by atoms with E-state index in [0.717, 1.165) is 12.8 Å². The Morgan fingerprint density at radius 2 is 2.11 bits per heavy atom. The van der Waals surface area contributed by atoms with E-state index in [0.29, 0.717) is 12.2 Å². The third kappa shape index (κ3) is 4.70. The van der Waals surface area contributed by atoms with E-state index in [9.17, 15) is 8.42 Å². The summed E-state index contributed by atoms with van der Waals surface area (Å²) in [6.45, 7) is 2.79. The zero-order chi connectivity index (χ0) is 14.5. The van der Waals surface area contributed by atoms with Gasteiger partial charge in [0.25, 0.3) is 0 Å². The van der Waals surface area contributed by atoms with Gasteiger partial charge in [-0.1, -0.05) is 13.0 Å². The topological polar surface area (TPSA) is 118 Å². The molecule has 0 radical (unpaired) electrons. The lowest BCUT2D eigenvalue weighted by molar-refractivity contribution is 0.229. The third-order valence-corrected chi connectivity index (χ3v) is 3.84. The summed E-state index contributed by atoms with van der Waals surface area (Å²) in [6, 6.07) is 4.68. The molecule has 7 heteroatoms. The molecule has 0 fully saturated rings. The van der Waals surface area contributed by atoms with Crippen molar-refractivity contribution in [3.63, 3.8) is 0 Å². The smallest absolute Gasteiger partial charge is 0.240 e. The molecule has 1 rings (SSSR count). The molecule has 0 aliphatic rings. The highest BCUT2D eigenvalue weighted by molar-refractivity contribution is 7.89. The predicted molar refractivity (Wildman–Crippen MR) is 76.2 cm³/mol. The maximum absolute atomic E-state index is 11.3. The van der Waals surface area contributed by atoms with E-state index < -0.39 is 10.0 Å². The number of primary sulfonamides is 1. The number of hydrogen-bond donors (Lipinski definition) is 4. The van der Waals surface area contributed by atoms with Crippen LogP contribution in [0.4, 0.5) is 11.4 Å². The number of aliphatic hydroxyl groups excluding tert-OH is 1. The Morgan fingerprint density at radius 1 is 1.42 bits per heavy atom. The Kier molecular flexibility index (Phi) is 5.59. The number of anilines is 2. The van der Waals surface area contributed by atoms with Crippen molar-refractivity contribution in [2.45, 2.75) is 24.7 Å². The van der Waals surface area contributed by atoms with Gasteiger partial charge in [-0.2, -0.15) is 0 Å². The van der Waals surface area contributed by atoms with Crippen LogP contribution in [0.5, 0.6) is 0 Å². The van der Waals surface area contributed by atoms with Crippen molar-refractivity contribution < 1.29 is 13.5 Å². The molecule has 19 heavy (non-hydrogen) atoms. The molecule has 0 spiro atoms. The predicted octanol–water partition coefficient (Wildman–Crippen LogP) is 0.737. The summed E-state index contributed by atoms with van der Waals surface area (Å²) in [6.07, 6.45) is 1.75. The second kappa shape index (κ2) is 6.74. The van der Waals surface area contributed by atoms with E-state index in [1.54, 1.807) is 12.1 Å². The Morgan fingerprint density at radius 3 is 2.68 bits per heavy atom. The molecule has 6 N–H and O–H groups in total. The molecule has 1 unspecified atom stereocenters. The minimum atomic E-state index is -3.80. The quantitative estimate of drug-likeness (QED) is 0.435. The lowest BCUT2D eigenvalue weighted by Gasteiger charge is -2.13. The van der Waals surface area contributed by atoms with Gasteiger partial charge in [-0.15, -0.1) is 0 Å². The summed E-state index contributed by atoms with van der Waals surface area (Å²) in [7, 11) is -3.80. The number of nitrogen functional groups attached to an aromatic ring is 1. The zero-order valence-corrected chi connectivity index (χ0v) is 11.8. The van der Waals surface area contributed by atoms with Crippen molar-refractivity contribution in [3.05, 3.63) is 18.2 Å². The summed E-state index contributed by atoms with van der Waals surface area (Å²) in [5.74, 6) is 0.259. The van der Waals surface area contributed by atoms with E-state index in [4.69, 9.17) is 16.0 Å². The fourth-order valence-electron chi connectivity index (χ4n) is 1.71. The molecule has 0 aliphatic carbocycles. The molecule has 0 saturated carbocycles. The number of aliphatic hydroxyl groups is 1. The normalized spacial score (nSPS) is 13.2.